The molecule has 4 heteroatoms. The second-order valence-corrected chi connectivity index (χ2v) is 21.1. The van der Waals surface area contributed by atoms with Crippen molar-refractivity contribution in [3.05, 3.63) is 198 Å². The fourth-order valence-corrected chi connectivity index (χ4v) is 12.4. The maximum Gasteiger partial charge on any atom is 0.252 e. The molecule has 2 unspecified atom stereocenters. The van der Waals surface area contributed by atoms with Crippen LogP contribution in [0.2, 0.25) is 0 Å². The maximum absolute atomic E-state index is 2.88. The molecule has 1 saturated carbocycles. The lowest BCUT2D eigenvalue weighted by Gasteiger charge is -2.53. The smallest absolute Gasteiger partial charge is 0.252 e. The third kappa shape index (κ3) is 6.10. The quantitative estimate of drug-likeness (QED) is 0.154. The van der Waals surface area contributed by atoms with Crippen molar-refractivity contribution in [1.29, 1.82) is 0 Å². The fraction of sp³-hybridized carbons (Fsp3) is 0.226. The Bertz CT molecular complexity index is 3180. The van der Waals surface area contributed by atoms with Gasteiger partial charge in [-0.3, -0.25) is 0 Å². The SMILES string of the molecule is Cc1cccc(N(c2cccc(C)c2)c2cc3c4c(c2)N2c5c(cc(C(C)(C)C)cc5C5(C)CCCCC25C)B4c2ccc(-c4ccccc4)cc2N3c2cccc(-c3ccccc3)c2)c1. The fourth-order valence-electron chi connectivity index (χ4n) is 12.4. The highest BCUT2D eigenvalue weighted by atomic mass is 15.3. The zero-order valence-corrected chi connectivity index (χ0v) is 39.5. The lowest BCUT2D eigenvalue weighted by atomic mass is 9.33. The van der Waals surface area contributed by atoms with Crippen molar-refractivity contribution in [2.24, 2.45) is 0 Å². The Balaban J connectivity index is 1.23. The third-order valence-corrected chi connectivity index (χ3v) is 16.0. The summed E-state index contributed by atoms with van der Waals surface area (Å²) in [4.78, 5) is 8.02. The summed E-state index contributed by atoms with van der Waals surface area (Å²) in [7, 11) is 0. The molecular weight excluding hydrogens is 798 g/mol. The molecule has 8 aromatic rings. The Kier molecular flexibility index (Phi) is 9.17. The summed E-state index contributed by atoms with van der Waals surface area (Å²) >= 11 is 0. The number of benzene rings is 8. The number of nitrogens with zero attached hydrogens (tertiary/aromatic N) is 3. The minimum atomic E-state index is -0.122. The first-order chi connectivity index (χ1) is 31.9. The van der Waals surface area contributed by atoms with Gasteiger partial charge in [0.25, 0.3) is 6.71 Å². The minimum Gasteiger partial charge on any atom is -0.335 e. The first-order valence-corrected chi connectivity index (χ1v) is 24.2. The molecule has 3 heterocycles. The van der Waals surface area contributed by atoms with E-state index in [2.05, 4.69) is 239 Å². The van der Waals surface area contributed by atoms with Crippen molar-refractivity contribution in [2.45, 2.75) is 90.5 Å². The Hall–Kier alpha value is -6.78. The molecule has 12 rings (SSSR count). The van der Waals surface area contributed by atoms with E-state index in [9.17, 15) is 0 Å². The molecular formula is C62H58BN3. The topological polar surface area (TPSA) is 9.72 Å². The van der Waals surface area contributed by atoms with Gasteiger partial charge >= 0.3 is 0 Å². The van der Waals surface area contributed by atoms with E-state index in [4.69, 9.17) is 0 Å². The lowest BCUT2D eigenvalue weighted by molar-refractivity contribution is 0.195. The second kappa shape index (κ2) is 14.9. The Morgan fingerprint density at radius 2 is 1.12 bits per heavy atom. The summed E-state index contributed by atoms with van der Waals surface area (Å²) in [5.74, 6) is 0. The molecule has 0 aromatic heterocycles. The van der Waals surface area contributed by atoms with E-state index in [0.29, 0.717) is 0 Å². The van der Waals surface area contributed by atoms with E-state index in [0.717, 1.165) is 29.2 Å². The third-order valence-electron chi connectivity index (χ3n) is 16.0. The van der Waals surface area contributed by atoms with E-state index in [1.807, 2.05) is 0 Å². The molecule has 1 aliphatic carbocycles. The summed E-state index contributed by atoms with van der Waals surface area (Å²) < 4.78 is 0. The van der Waals surface area contributed by atoms with Gasteiger partial charge in [-0.2, -0.15) is 0 Å². The predicted octanol–water partition coefficient (Wildman–Crippen LogP) is 14.8. The van der Waals surface area contributed by atoms with E-state index in [1.54, 1.807) is 5.56 Å². The van der Waals surface area contributed by atoms with Gasteiger partial charge in [0.1, 0.15) is 0 Å². The van der Waals surface area contributed by atoms with Crippen LogP contribution in [0.1, 0.15) is 82.6 Å². The summed E-state index contributed by atoms with van der Waals surface area (Å²) in [6.07, 6.45) is 4.80. The molecule has 324 valence electrons. The normalized spacial score (nSPS) is 18.9. The minimum absolute atomic E-state index is 0.0198. The summed E-state index contributed by atoms with van der Waals surface area (Å²) in [6.45, 7) is 16.9. The van der Waals surface area contributed by atoms with Crippen LogP contribution < -0.4 is 31.1 Å². The summed E-state index contributed by atoms with van der Waals surface area (Å²) in [5, 5.41) is 0. The number of anilines is 8. The highest BCUT2D eigenvalue weighted by molar-refractivity contribution is 7.00. The van der Waals surface area contributed by atoms with E-state index >= 15 is 0 Å². The van der Waals surface area contributed by atoms with Gasteiger partial charge in [-0.25, -0.2) is 0 Å². The van der Waals surface area contributed by atoms with Gasteiger partial charge < -0.3 is 14.7 Å². The van der Waals surface area contributed by atoms with Crippen molar-refractivity contribution in [1.82, 2.24) is 0 Å². The number of hydrogen-bond acceptors (Lipinski definition) is 3. The number of fused-ring (bicyclic) bond motifs is 7. The first-order valence-electron chi connectivity index (χ1n) is 24.2. The summed E-state index contributed by atoms with van der Waals surface area (Å²) in [6, 6.07) is 66.8. The van der Waals surface area contributed by atoms with Gasteiger partial charge in [0.2, 0.25) is 0 Å². The summed E-state index contributed by atoms with van der Waals surface area (Å²) in [5.41, 5.74) is 24.3. The molecule has 0 spiro atoms. The molecule has 0 bridgehead atoms. The van der Waals surface area contributed by atoms with Gasteiger partial charge in [-0.1, -0.05) is 162 Å². The Morgan fingerprint density at radius 1 is 0.515 bits per heavy atom. The molecule has 4 aliphatic rings. The lowest BCUT2D eigenvalue weighted by Crippen LogP contribution is -2.64. The van der Waals surface area contributed by atoms with Gasteiger partial charge in [-0.05, 0) is 155 Å². The van der Waals surface area contributed by atoms with Crippen molar-refractivity contribution in [3.8, 4) is 22.3 Å². The molecule has 2 atom stereocenters. The monoisotopic (exact) mass is 855 g/mol. The van der Waals surface area contributed by atoms with Gasteiger partial charge in [-0.15, -0.1) is 0 Å². The predicted molar refractivity (Wildman–Crippen MR) is 282 cm³/mol. The van der Waals surface area contributed by atoms with Gasteiger partial charge in [0, 0.05) is 45.2 Å². The molecule has 0 saturated heterocycles. The molecule has 0 N–H and O–H groups in total. The van der Waals surface area contributed by atoms with Crippen molar-refractivity contribution < 1.29 is 0 Å². The van der Waals surface area contributed by atoms with E-state index < -0.39 is 0 Å². The average Bonchev–Trinajstić information content (AvgIpc) is 3.53. The largest absolute Gasteiger partial charge is 0.335 e. The van der Waals surface area contributed by atoms with Crippen LogP contribution in [0.5, 0.6) is 0 Å². The average molecular weight is 856 g/mol. The number of hydrogen-bond donors (Lipinski definition) is 0. The van der Waals surface area contributed by atoms with Crippen molar-refractivity contribution in [2.75, 3.05) is 14.7 Å². The number of rotatable bonds is 6. The maximum atomic E-state index is 2.88. The van der Waals surface area contributed by atoms with Crippen LogP contribution in [0, 0.1) is 13.8 Å². The number of aryl methyl sites for hydroxylation is 2. The second-order valence-electron chi connectivity index (χ2n) is 21.1. The van der Waals surface area contributed by atoms with Gasteiger partial charge in [0.05, 0.1) is 11.2 Å². The molecule has 1 fully saturated rings. The van der Waals surface area contributed by atoms with E-state index in [-0.39, 0.29) is 23.1 Å². The Morgan fingerprint density at radius 3 is 1.77 bits per heavy atom. The van der Waals surface area contributed by atoms with Crippen molar-refractivity contribution >= 4 is 68.6 Å². The standard InChI is InChI=1S/C62H58BN3/c1-41-19-16-26-48(33-41)64(49-27-17-20-42(2)34-49)51-39-56-58-57(40-51)66-59-52(61(6)31-14-15-32-62(61,66)7)37-47(60(3,4)5)38-54(59)63(58)53-30-29-46(44-23-12-9-13-24-44)36-55(53)65(56)50-28-18-25-45(35-50)43-21-10-8-11-22-43/h8-13,16-30,33-40H,14-15,31-32H2,1-7H3. The highest BCUT2D eigenvalue weighted by Crippen LogP contribution is 2.63. The van der Waals surface area contributed by atoms with Crippen LogP contribution in [-0.2, 0) is 10.8 Å². The van der Waals surface area contributed by atoms with Crippen molar-refractivity contribution in [3.63, 3.8) is 0 Å². The van der Waals surface area contributed by atoms with Crippen LogP contribution in [0.15, 0.2) is 176 Å². The first kappa shape index (κ1) is 40.7. The van der Waals surface area contributed by atoms with Crippen LogP contribution in [0.25, 0.3) is 22.3 Å². The Labute approximate surface area is 392 Å². The molecule has 66 heavy (non-hydrogen) atoms. The molecule has 0 radical (unpaired) electrons. The van der Waals surface area contributed by atoms with Crippen LogP contribution in [0.3, 0.4) is 0 Å². The van der Waals surface area contributed by atoms with Crippen LogP contribution in [0.4, 0.5) is 45.5 Å². The molecule has 0 amide bonds. The molecule has 3 nitrogen and oxygen atoms in total. The molecule has 3 aliphatic heterocycles. The van der Waals surface area contributed by atoms with E-state index in [1.165, 1.54) is 97.3 Å². The zero-order valence-electron chi connectivity index (χ0n) is 39.5. The molecule has 8 aromatic carbocycles. The van der Waals surface area contributed by atoms with Gasteiger partial charge in [0.15, 0.2) is 0 Å². The van der Waals surface area contributed by atoms with Crippen LogP contribution >= 0.6 is 0 Å². The highest BCUT2D eigenvalue weighted by Gasteiger charge is 2.61. The zero-order chi connectivity index (χ0) is 45.1. The van der Waals surface area contributed by atoms with Crippen LogP contribution in [-0.4, -0.2) is 12.3 Å².